The molecular formula is C24H20ClF3N6O2S. The second-order valence-electron chi connectivity index (χ2n) is 8.58. The molecule has 2 aromatic carbocycles. The summed E-state index contributed by atoms with van der Waals surface area (Å²) < 4.78 is 42.0. The van der Waals surface area contributed by atoms with E-state index in [9.17, 15) is 22.8 Å². The number of carbonyl (C=O) groups excluding carboxylic acids is 2. The standard InChI is InChI=1S/C24H20ClF3N6O2S/c25-16-3-2-14(17(9-16)24(26,27)28)11-34-19-4-1-13(7-15(19)10-31-34)8-20-22(36)32-23(37-20)33-6-5-30-18(12-33)21(29)35/h1-4,7-10,18,30H,5-6,11-12H2,(H2,29,35)/b20-8-. The number of primary amides is 1. The first kappa shape index (κ1) is 25.3. The SMILES string of the molecule is NC(=O)C1CN(C2=NC(=O)/C(=C/c3ccc4c(cnn4Cc4ccc(Cl)cc4C(F)(F)F)c3)S2)CCN1. The molecule has 2 aliphatic heterocycles. The predicted molar refractivity (Wildman–Crippen MR) is 136 cm³/mol. The Hall–Kier alpha value is -3.35. The van der Waals surface area contributed by atoms with Crippen molar-refractivity contribution < 1.29 is 22.8 Å². The van der Waals surface area contributed by atoms with E-state index in [-0.39, 0.29) is 23.0 Å². The number of rotatable bonds is 4. The van der Waals surface area contributed by atoms with Gasteiger partial charge in [0.05, 0.1) is 28.7 Å². The van der Waals surface area contributed by atoms with Crippen molar-refractivity contribution in [3.8, 4) is 0 Å². The monoisotopic (exact) mass is 548 g/mol. The molecule has 0 saturated carbocycles. The molecule has 0 spiro atoms. The molecule has 1 fully saturated rings. The maximum absolute atomic E-state index is 13.5. The summed E-state index contributed by atoms with van der Waals surface area (Å²) in [5, 5.41) is 8.53. The Morgan fingerprint density at radius 1 is 1.27 bits per heavy atom. The summed E-state index contributed by atoms with van der Waals surface area (Å²) in [6.07, 6.45) is -1.27. The maximum atomic E-state index is 13.5. The first-order valence-electron chi connectivity index (χ1n) is 11.2. The van der Waals surface area contributed by atoms with E-state index >= 15 is 0 Å². The Morgan fingerprint density at radius 3 is 2.84 bits per heavy atom. The van der Waals surface area contributed by atoms with E-state index in [0.29, 0.717) is 40.6 Å². The van der Waals surface area contributed by atoms with Gasteiger partial charge in [-0.1, -0.05) is 23.7 Å². The van der Waals surface area contributed by atoms with Gasteiger partial charge in [0.25, 0.3) is 5.91 Å². The molecule has 37 heavy (non-hydrogen) atoms. The van der Waals surface area contributed by atoms with Gasteiger partial charge in [0.1, 0.15) is 6.04 Å². The Bertz CT molecular complexity index is 1470. The summed E-state index contributed by atoms with van der Waals surface area (Å²) in [6, 6.07) is 8.48. The summed E-state index contributed by atoms with van der Waals surface area (Å²) in [5.74, 6) is -0.845. The Labute approximate surface area is 218 Å². The number of amides is 2. The van der Waals surface area contributed by atoms with Crippen molar-refractivity contribution >= 4 is 57.3 Å². The average molecular weight is 549 g/mol. The zero-order valence-corrected chi connectivity index (χ0v) is 20.7. The fourth-order valence-corrected chi connectivity index (χ4v) is 5.35. The van der Waals surface area contributed by atoms with E-state index in [1.165, 1.54) is 28.6 Å². The van der Waals surface area contributed by atoms with Crippen LogP contribution in [0.25, 0.3) is 17.0 Å². The molecule has 3 N–H and O–H groups in total. The van der Waals surface area contributed by atoms with Gasteiger partial charge >= 0.3 is 6.18 Å². The van der Waals surface area contributed by atoms with Crippen LogP contribution >= 0.6 is 23.4 Å². The number of aliphatic imine (C=N–C) groups is 1. The molecule has 2 amide bonds. The quantitative estimate of drug-likeness (QED) is 0.484. The number of nitrogens with two attached hydrogens (primary N) is 1. The van der Waals surface area contributed by atoms with Gasteiger partial charge in [-0.05, 0) is 53.2 Å². The molecule has 1 unspecified atom stereocenters. The van der Waals surface area contributed by atoms with Crippen LogP contribution < -0.4 is 11.1 Å². The van der Waals surface area contributed by atoms with Crippen molar-refractivity contribution in [1.82, 2.24) is 20.0 Å². The minimum atomic E-state index is -4.54. The number of amidine groups is 1. The van der Waals surface area contributed by atoms with Gasteiger partial charge in [-0.2, -0.15) is 23.3 Å². The first-order valence-corrected chi connectivity index (χ1v) is 12.4. The second kappa shape index (κ2) is 9.84. The van der Waals surface area contributed by atoms with E-state index in [4.69, 9.17) is 17.3 Å². The molecular weight excluding hydrogens is 529 g/mol. The Morgan fingerprint density at radius 2 is 2.08 bits per heavy atom. The van der Waals surface area contributed by atoms with Crippen LogP contribution in [-0.4, -0.2) is 57.3 Å². The summed E-state index contributed by atoms with van der Waals surface area (Å²) >= 11 is 7.00. The smallest absolute Gasteiger partial charge is 0.368 e. The summed E-state index contributed by atoms with van der Waals surface area (Å²) in [5.41, 5.74) is 6.01. The molecule has 1 saturated heterocycles. The topological polar surface area (TPSA) is 106 Å². The van der Waals surface area contributed by atoms with E-state index in [2.05, 4.69) is 15.4 Å². The highest BCUT2D eigenvalue weighted by Gasteiger charge is 2.34. The zero-order chi connectivity index (χ0) is 26.3. The lowest BCUT2D eigenvalue weighted by Crippen LogP contribution is -2.56. The number of fused-ring (bicyclic) bond motifs is 1. The normalized spacial score (nSPS) is 19.6. The van der Waals surface area contributed by atoms with Crippen molar-refractivity contribution in [3.63, 3.8) is 0 Å². The molecule has 0 radical (unpaired) electrons. The van der Waals surface area contributed by atoms with Crippen molar-refractivity contribution in [2.45, 2.75) is 18.8 Å². The Balaban J connectivity index is 1.35. The number of nitrogens with zero attached hydrogens (tertiary/aromatic N) is 4. The minimum Gasteiger partial charge on any atom is -0.368 e. The molecule has 8 nitrogen and oxygen atoms in total. The highest BCUT2D eigenvalue weighted by Crippen LogP contribution is 2.35. The molecule has 1 aromatic heterocycles. The zero-order valence-electron chi connectivity index (χ0n) is 19.1. The van der Waals surface area contributed by atoms with Crippen LogP contribution in [-0.2, 0) is 22.3 Å². The van der Waals surface area contributed by atoms with Gasteiger partial charge in [-0.3, -0.25) is 14.3 Å². The van der Waals surface area contributed by atoms with E-state index < -0.39 is 23.7 Å². The van der Waals surface area contributed by atoms with Crippen LogP contribution in [0.1, 0.15) is 16.7 Å². The second-order valence-corrected chi connectivity index (χ2v) is 10.0. The van der Waals surface area contributed by atoms with Crippen LogP contribution in [0.2, 0.25) is 5.02 Å². The first-order chi connectivity index (χ1) is 17.6. The third-order valence-corrected chi connectivity index (χ3v) is 7.34. The van der Waals surface area contributed by atoms with E-state index in [1.54, 1.807) is 30.5 Å². The van der Waals surface area contributed by atoms with Gasteiger partial charge in [0.15, 0.2) is 5.17 Å². The largest absolute Gasteiger partial charge is 0.416 e. The summed E-state index contributed by atoms with van der Waals surface area (Å²) in [6.45, 7) is 1.38. The van der Waals surface area contributed by atoms with Gasteiger partial charge in [0, 0.05) is 30.0 Å². The predicted octanol–water partition coefficient (Wildman–Crippen LogP) is 3.49. The van der Waals surface area contributed by atoms with Gasteiger partial charge in [-0.15, -0.1) is 0 Å². The minimum absolute atomic E-state index is 0.00943. The third kappa shape index (κ3) is 5.36. The van der Waals surface area contributed by atoms with Crippen LogP contribution in [0.15, 0.2) is 52.5 Å². The number of carbonyl (C=O) groups is 2. The van der Waals surface area contributed by atoms with E-state index in [1.807, 2.05) is 4.90 Å². The number of hydrogen-bond acceptors (Lipinski definition) is 6. The van der Waals surface area contributed by atoms with Crippen molar-refractivity contribution in [3.05, 3.63) is 69.2 Å². The van der Waals surface area contributed by atoms with Crippen molar-refractivity contribution in [2.75, 3.05) is 19.6 Å². The number of benzene rings is 2. The van der Waals surface area contributed by atoms with Crippen molar-refractivity contribution in [2.24, 2.45) is 10.7 Å². The molecule has 0 bridgehead atoms. The molecule has 0 aliphatic carbocycles. The number of nitrogens with one attached hydrogen (secondary N) is 1. The van der Waals surface area contributed by atoms with E-state index in [0.717, 1.165) is 11.6 Å². The molecule has 192 valence electrons. The number of halogens is 4. The maximum Gasteiger partial charge on any atom is 0.416 e. The molecule has 13 heteroatoms. The van der Waals surface area contributed by atoms with Gasteiger partial charge in [0.2, 0.25) is 5.91 Å². The molecule has 1 atom stereocenters. The third-order valence-electron chi connectivity index (χ3n) is 6.06. The van der Waals surface area contributed by atoms with Crippen LogP contribution in [0.3, 0.4) is 0 Å². The van der Waals surface area contributed by atoms with Gasteiger partial charge in [-0.25, -0.2) is 0 Å². The molecule has 3 heterocycles. The molecule has 3 aromatic rings. The van der Waals surface area contributed by atoms with Crippen LogP contribution in [0.4, 0.5) is 13.2 Å². The Kier molecular flexibility index (Phi) is 6.73. The highest BCUT2D eigenvalue weighted by molar-refractivity contribution is 8.18. The number of piperazine rings is 1. The van der Waals surface area contributed by atoms with Gasteiger partial charge < -0.3 is 16.0 Å². The number of aromatic nitrogens is 2. The van der Waals surface area contributed by atoms with Crippen LogP contribution in [0.5, 0.6) is 0 Å². The molecule has 5 rings (SSSR count). The van der Waals surface area contributed by atoms with Crippen molar-refractivity contribution in [1.29, 1.82) is 0 Å². The molecule has 2 aliphatic rings. The average Bonchev–Trinajstić information content (AvgIpc) is 3.42. The lowest BCUT2D eigenvalue weighted by Gasteiger charge is -2.32. The fraction of sp³-hybridized carbons (Fsp3) is 0.250. The van der Waals surface area contributed by atoms with Crippen LogP contribution in [0, 0.1) is 0 Å². The lowest BCUT2D eigenvalue weighted by molar-refractivity contribution is -0.138. The summed E-state index contributed by atoms with van der Waals surface area (Å²) in [7, 11) is 0. The number of alkyl halides is 3. The lowest BCUT2D eigenvalue weighted by atomic mass is 10.1. The number of hydrogen-bond donors (Lipinski definition) is 2. The fourth-order valence-electron chi connectivity index (χ4n) is 4.23. The summed E-state index contributed by atoms with van der Waals surface area (Å²) in [4.78, 5) is 30.5. The number of thioether (sulfide) groups is 1. The highest BCUT2D eigenvalue weighted by atomic mass is 35.5.